The van der Waals surface area contributed by atoms with Gasteiger partial charge in [0.25, 0.3) is 5.91 Å². The number of sulfonamides is 1. The highest BCUT2D eigenvalue weighted by molar-refractivity contribution is 7.89. The van der Waals surface area contributed by atoms with Gasteiger partial charge in [-0.05, 0) is 35.9 Å². The number of thiazole rings is 1. The molecule has 0 unspecified atom stereocenters. The summed E-state index contributed by atoms with van der Waals surface area (Å²) in [5.74, 6) is 3.22. The number of hydrogen-bond acceptors (Lipinski definition) is 6. The quantitative estimate of drug-likeness (QED) is 0.580. The van der Waals surface area contributed by atoms with Gasteiger partial charge in [0.05, 0.1) is 42.3 Å². The highest BCUT2D eigenvalue weighted by atomic mass is 32.2. The third-order valence-corrected chi connectivity index (χ3v) is 6.21. The van der Waals surface area contributed by atoms with Crippen molar-refractivity contribution in [1.29, 1.82) is 0 Å². The van der Waals surface area contributed by atoms with Gasteiger partial charge in [0, 0.05) is 0 Å². The SMILES string of the molecule is C#CCn1c(=NC(=O)Cc2ccc(OC)c(OC)c2)sc2cc(S(N)(=O)=O)ccc21. The lowest BCUT2D eigenvalue weighted by Gasteiger charge is -2.08. The minimum atomic E-state index is -3.85. The Labute approximate surface area is 177 Å². The van der Waals surface area contributed by atoms with E-state index in [2.05, 4.69) is 10.9 Å². The zero-order chi connectivity index (χ0) is 21.9. The van der Waals surface area contributed by atoms with Gasteiger partial charge in [-0.2, -0.15) is 4.99 Å². The highest BCUT2D eigenvalue weighted by Gasteiger charge is 2.13. The molecule has 156 valence electrons. The molecule has 0 fully saturated rings. The molecule has 2 N–H and O–H groups in total. The molecular formula is C20H19N3O5S2. The number of nitrogens with two attached hydrogens (primary N) is 1. The second-order valence-electron chi connectivity index (χ2n) is 6.22. The number of aromatic nitrogens is 1. The predicted octanol–water partition coefficient (Wildman–Crippen LogP) is 1.67. The molecule has 2 aromatic carbocycles. The molecule has 0 radical (unpaired) electrons. The van der Waals surface area contributed by atoms with Crippen molar-refractivity contribution in [3.63, 3.8) is 0 Å². The van der Waals surface area contributed by atoms with Gasteiger partial charge in [-0.15, -0.1) is 6.42 Å². The maximum Gasteiger partial charge on any atom is 0.252 e. The standard InChI is InChI=1S/C20H19N3O5S2/c1-4-9-23-15-7-6-14(30(21,25)26)12-18(15)29-20(23)22-19(24)11-13-5-8-16(27-2)17(10-13)28-3/h1,5-8,10,12H,9,11H2,2-3H3,(H2,21,25,26). The Bertz CT molecular complexity index is 1330. The molecule has 0 aliphatic heterocycles. The van der Waals surface area contributed by atoms with E-state index < -0.39 is 10.0 Å². The molecule has 0 bridgehead atoms. The van der Waals surface area contributed by atoms with E-state index in [1.807, 2.05) is 0 Å². The number of nitrogens with zero attached hydrogens (tertiary/aromatic N) is 2. The second kappa shape index (κ2) is 8.71. The average molecular weight is 446 g/mol. The second-order valence-corrected chi connectivity index (χ2v) is 8.79. The number of hydrogen-bond donors (Lipinski definition) is 1. The lowest BCUT2D eigenvalue weighted by Crippen LogP contribution is -2.17. The number of carbonyl (C=O) groups is 1. The third kappa shape index (κ3) is 4.54. The Kier molecular flexibility index (Phi) is 6.26. The van der Waals surface area contributed by atoms with Crippen molar-refractivity contribution < 1.29 is 22.7 Å². The molecule has 0 saturated carbocycles. The Morgan fingerprint density at radius 2 is 1.93 bits per heavy atom. The summed E-state index contributed by atoms with van der Waals surface area (Å²) >= 11 is 1.16. The van der Waals surface area contributed by atoms with E-state index in [4.69, 9.17) is 21.0 Å². The molecule has 3 aromatic rings. The van der Waals surface area contributed by atoms with Gasteiger partial charge in [0.2, 0.25) is 10.0 Å². The smallest absolute Gasteiger partial charge is 0.252 e. The molecule has 1 aromatic heterocycles. The van der Waals surface area contributed by atoms with Crippen molar-refractivity contribution in [2.75, 3.05) is 14.2 Å². The van der Waals surface area contributed by atoms with E-state index in [1.165, 1.54) is 26.4 Å². The highest BCUT2D eigenvalue weighted by Crippen LogP contribution is 2.28. The number of ether oxygens (including phenoxy) is 2. The topological polar surface area (TPSA) is 113 Å². The number of rotatable bonds is 6. The summed E-state index contributed by atoms with van der Waals surface area (Å²) in [5, 5.41) is 5.20. The Balaban J connectivity index is 2.01. The van der Waals surface area contributed by atoms with Gasteiger partial charge in [-0.1, -0.05) is 23.3 Å². The molecule has 0 spiro atoms. The Hall–Kier alpha value is -3.13. The molecule has 0 saturated heterocycles. The van der Waals surface area contributed by atoms with Gasteiger partial charge < -0.3 is 14.0 Å². The number of fused-ring (bicyclic) bond motifs is 1. The number of benzene rings is 2. The lowest BCUT2D eigenvalue weighted by atomic mass is 10.1. The Morgan fingerprint density at radius 1 is 1.20 bits per heavy atom. The van der Waals surface area contributed by atoms with E-state index in [0.717, 1.165) is 11.3 Å². The van der Waals surface area contributed by atoms with Crippen LogP contribution in [0.25, 0.3) is 10.2 Å². The molecule has 30 heavy (non-hydrogen) atoms. The first kappa shape index (κ1) is 21.6. The van der Waals surface area contributed by atoms with Crippen molar-refractivity contribution in [3.8, 4) is 23.8 Å². The lowest BCUT2D eigenvalue weighted by molar-refractivity contribution is -0.117. The molecule has 3 rings (SSSR count). The summed E-state index contributed by atoms with van der Waals surface area (Å²) in [4.78, 5) is 17.1. The largest absolute Gasteiger partial charge is 0.493 e. The fourth-order valence-corrected chi connectivity index (χ4v) is 4.57. The molecule has 1 amide bonds. The van der Waals surface area contributed by atoms with E-state index in [1.54, 1.807) is 28.8 Å². The fraction of sp³-hybridized carbons (Fsp3) is 0.200. The maximum absolute atomic E-state index is 12.6. The maximum atomic E-state index is 12.6. The molecule has 0 aliphatic rings. The predicted molar refractivity (Wildman–Crippen MR) is 114 cm³/mol. The van der Waals surface area contributed by atoms with Gasteiger partial charge in [-0.3, -0.25) is 4.79 Å². The first-order valence-electron chi connectivity index (χ1n) is 8.65. The van der Waals surface area contributed by atoms with Gasteiger partial charge in [0.1, 0.15) is 0 Å². The molecule has 10 heteroatoms. The van der Waals surface area contributed by atoms with Crippen LogP contribution in [0.1, 0.15) is 5.56 Å². The van der Waals surface area contributed by atoms with Crippen LogP contribution in [0.15, 0.2) is 46.3 Å². The number of amides is 1. The van der Waals surface area contributed by atoms with Crippen LogP contribution >= 0.6 is 11.3 Å². The van der Waals surface area contributed by atoms with Crippen LogP contribution in [0.4, 0.5) is 0 Å². The minimum Gasteiger partial charge on any atom is -0.493 e. The summed E-state index contributed by atoms with van der Waals surface area (Å²) < 4.78 is 36.0. The first-order valence-corrected chi connectivity index (χ1v) is 11.0. The molecule has 1 heterocycles. The van der Waals surface area contributed by atoms with E-state index >= 15 is 0 Å². The Morgan fingerprint density at radius 3 is 2.57 bits per heavy atom. The minimum absolute atomic E-state index is 0.0210. The monoisotopic (exact) mass is 445 g/mol. The van der Waals surface area contributed by atoms with Crippen LogP contribution in [0.2, 0.25) is 0 Å². The van der Waals surface area contributed by atoms with Crippen LogP contribution in [0, 0.1) is 12.3 Å². The molecule has 8 nitrogen and oxygen atoms in total. The van der Waals surface area contributed by atoms with Gasteiger partial charge in [-0.25, -0.2) is 13.6 Å². The molecular weight excluding hydrogens is 426 g/mol. The van der Waals surface area contributed by atoms with E-state index in [0.29, 0.717) is 32.1 Å². The normalized spacial score (nSPS) is 12.0. The van der Waals surface area contributed by atoms with E-state index in [-0.39, 0.29) is 23.8 Å². The van der Waals surface area contributed by atoms with E-state index in [9.17, 15) is 13.2 Å². The van der Waals surface area contributed by atoms with Crippen molar-refractivity contribution in [2.45, 2.75) is 17.9 Å². The van der Waals surface area contributed by atoms with Crippen molar-refractivity contribution in [3.05, 3.63) is 46.8 Å². The summed E-state index contributed by atoms with van der Waals surface area (Å²) in [6, 6.07) is 9.63. The van der Waals surface area contributed by atoms with Crippen LogP contribution < -0.4 is 19.4 Å². The van der Waals surface area contributed by atoms with Crippen LogP contribution in [0.5, 0.6) is 11.5 Å². The van der Waals surface area contributed by atoms with Gasteiger partial charge >= 0.3 is 0 Å². The van der Waals surface area contributed by atoms with Crippen molar-refractivity contribution in [2.24, 2.45) is 10.1 Å². The zero-order valence-electron chi connectivity index (χ0n) is 16.3. The summed E-state index contributed by atoms with van der Waals surface area (Å²) in [7, 11) is -0.799. The number of primary sulfonamides is 1. The number of terminal acetylenes is 1. The summed E-state index contributed by atoms with van der Waals surface area (Å²) in [5.41, 5.74) is 1.38. The number of methoxy groups -OCH3 is 2. The third-order valence-electron chi connectivity index (χ3n) is 4.26. The van der Waals surface area contributed by atoms with Crippen LogP contribution in [-0.4, -0.2) is 33.1 Å². The molecule has 0 atom stereocenters. The van der Waals surface area contributed by atoms with Crippen molar-refractivity contribution in [1.82, 2.24) is 4.57 Å². The summed E-state index contributed by atoms with van der Waals surface area (Å²) in [6.45, 7) is 0.178. The van der Waals surface area contributed by atoms with Gasteiger partial charge in [0.15, 0.2) is 16.3 Å². The van der Waals surface area contributed by atoms with Crippen molar-refractivity contribution >= 4 is 37.5 Å². The number of carbonyl (C=O) groups excluding carboxylic acids is 1. The fourth-order valence-electron chi connectivity index (χ4n) is 2.87. The van der Waals surface area contributed by atoms with Crippen LogP contribution in [0.3, 0.4) is 0 Å². The molecule has 0 aliphatic carbocycles. The summed E-state index contributed by atoms with van der Waals surface area (Å²) in [6.07, 6.45) is 5.51. The first-order chi connectivity index (χ1) is 14.3. The van der Waals surface area contributed by atoms with Crippen LogP contribution in [-0.2, 0) is 27.8 Å². The zero-order valence-corrected chi connectivity index (χ0v) is 17.9. The average Bonchev–Trinajstić information content (AvgIpc) is 3.03.